The fraction of sp³-hybridized carbons (Fsp3) is 0.221. The van der Waals surface area contributed by atoms with E-state index in [1.54, 1.807) is 0 Å². The predicted octanol–water partition coefficient (Wildman–Crippen LogP) is 26.2. The second kappa shape index (κ2) is 30.6. The van der Waals surface area contributed by atoms with Crippen molar-refractivity contribution in [2.24, 2.45) is 5.41 Å². The first-order valence-electron chi connectivity index (χ1n) is 36.4. The van der Waals surface area contributed by atoms with Crippen molar-refractivity contribution in [2.75, 3.05) is 24.7 Å². The van der Waals surface area contributed by atoms with Gasteiger partial charge in [-0.25, -0.2) is 0 Å². The molecule has 11 aromatic carbocycles. The van der Waals surface area contributed by atoms with Gasteiger partial charge in [0.05, 0.1) is 30.9 Å². The molecule has 2 aliphatic carbocycles. The average molecular weight is 1310 g/mol. The third-order valence-corrected chi connectivity index (χ3v) is 20.7. The number of nitrogens with zero attached hydrogens (tertiary/aromatic N) is 2. The van der Waals surface area contributed by atoms with Crippen molar-refractivity contribution < 1.29 is 14.2 Å². The number of fused-ring (bicyclic) bond motifs is 6. The van der Waals surface area contributed by atoms with Gasteiger partial charge >= 0.3 is 0 Å². The number of allylic oxidation sites excluding steroid dienone is 4. The number of hydrogen-bond acceptors (Lipinski definition) is 4. The lowest BCUT2D eigenvalue weighted by Gasteiger charge is -2.34. The van der Waals surface area contributed by atoms with E-state index in [4.69, 9.17) is 14.2 Å². The molecule has 5 nitrogen and oxygen atoms in total. The van der Waals surface area contributed by atoms with Gasteiger partial charge in [-0.2, -0.15) is 0 Å². The molecule has 0 saturated carbocycles. The number of ether oxygens (including phenoxy) is 3. The minimum atomic E-state index is -0.330. The highest BCUT2D eigenvalue weighted by atomic mass is 16.5. The fourth-order valence-electron chi connectivity index (χ4n) is 15.2. The molecule has 2 aliphatic rings. The molecule has 0 fully saturated rings. The highest BCUT2D eigenvalue weighted by Gasteiger charge is 2.44. The number of hydrogen-bond donors (Lipinski definition) is 0. The van der Waals surface area contributed by atoms with Crippen LogP contribution in [-0.4, -0.2) is 24.4 Å². The summed E-state index contributed by atoms with van der Waals surface area (Å²) in [6, 6.07) is 96.1. The highest BCUT2D eigenvalue weighted by molar-refractivity contribution is 6.11. The van der Waals surface area contributed by atoms with E-state index in [1.807, 2.05) is 48.6 Å². The Balaban J connectivity index is 0.753. The van der Waals surface area contributed by atoms with Gasteiger partial charge in [0, 0.05) is 38.9 Å². The molecule has 12 aromatic rings. The van der Waals surface area contributed by atoms with Crippen molar-refractivity contribution in [2.45, 2.75) is 110 Å². The molecule has 0 radical (unpaired) electrons. The predicted molar refractivity (Wildman–Crippen MR) is 423 cm³/mol. The molecule has 5 heteroatoms. The smallest absolute Gasteiger partial charge is 0.119 e. The van der Waals surface area contributed by atoms with Crippen LogP contribution in [0.3, 0.4) is 0 Å². The minimum Gasteiger partial charge on any atom is -0.494 e. The third-order valence-electron chi connectivity index (χ3n) is 20.7. The molecule has 1 atom stereocenters. The van der Waals surface area contributed by atoms with Crippen LogP contribution in [0.2, 0.25) is 0 Å². The number of rotatable bonds is 29. The SMILES string of the molecule is C=Cc1ccc(OCCCCCCCCC2(c3ccccc3)c3ccccc3-c3ccc(N(c4ccc(-c5ccccc5)cc4)c4ccc(-c5ccc6c(c5)c5cc(C7=CC=C(C(C)(C)C)CC7)ccc5n6-c5ccc(OCCCCCCOc6ccc(C=C)cc6)cc5)cc4)cc32)cc1. The first-order chi connectivity index (χ1) is 49.1. The third kappa shape index (κ3) is 14.6. The van der Waals surface area contributed by atoms with E-state index < -0.39 is 0 Å². The molecule has 14 rings (SSSR count). The standard InChI is InChI=1S/C95H92N2O3/c1-6-69-32-53-83(54-33-69)98-63-23-11-9-8-10-22-62-95(78-28-18-15-19-29-78)90-31-21-20-30-86(90)87-59-52-82(68-91(87)95)96(79-46-38-72(39-47-79)71-26-16-14-17-27-71)80-48-40-74(41-49-80)76-43-61-93-89(67-76)88-66-75(73-36-44-77(45-37-73)94(3,4)5)42-60-92(88)97(93)81-50-57-85(58-51-81)100-65-25-13-12-24-64-99-84-55-34-70(7-2)35-56-84/h6-7,14-21,26-36,38-44,46-61,66-68H,1-2,8-13,22-25,37,45,62-65H2,3-5H3. The van der Waals surface area contributed by atoms with Crippen LogP contribution < -0.4 is 19.1 Å². The van der Waals surface area contributed by atoms with E-state index in [0.29, 0.717) is 13.2 Å². The molecule has 0 bridgehead atoms. The molecule has 1 aromatic heterocycles. The normalized spacial score (nSPS) is 14.1. The Morgan fingerprint density at radius 2 is 0.860 bits per heavy atom. The summed E-state index contributed by atoms with van der Waals surface area (Å²) in [5.41, 5.74) is 24.5. The van der Waals surface area contributed by atoms with Gasteiger partial charge in [-0.15, -0.1) is 0 Å². The Bertz CT molecular complexity index is 4840. The Morgan fingerprint density at radius 1 is 0.400 bits per heavy atom. The van der Waals surface area contributed by atoms with Crippen LogP contribution in [0.1, 0.15) is 138 Å². The molecule has 0 N–H and O–H groups in total. The van der Waals surface area contributed by atoms with E-state index in [0.717, 1.165) is 128 Å². The van der Waals surface area contributed by atoms with E-state index in [9.17, 15) is 0 Å². The van der Waals surface area contributed by atoms with Gasteiger partial charge in [0.2, 0.25) is 0 Å². The summed E-state index contributed by atoms with van der Waals surface area (Å²) in [5.74, 6) is 2.72. The van der Waals surface area contributed by atoms with Gasteiger partial charge in [0.25, 0.3) is 0 Å². The quantitative estimate of drug-likeness (QED) is 0.0438. The van der Waals surface area contributed by atoms with E-state index >= 15 is 0 Å². The zero-order chi connectivity index (χ0) is 68.3. The lowest BCUT2D eigenvalue weighted by atomic mass is 9.69. The van der Waals surface area contributed by atoms with Crippen molar-refractivity contribution in [3.8, 4) is 56.3 Å². The fourth-order valence-corrected chi connectivity index (χ4v) is 15.2. The molecule has 100 heavy (non-hydrogen) atoms. The maximum atomic E-state index is 6.35. The zero-order valence-corrected chi connectivity index (χ0v) is 58.5. The van der Waals surface area contributed by atoms with Gasteiger partial charge in [-0.1, -0.05) is 248 Å². The molecule has 500 valence electrons. The van der Waals surface area contributed by atoms with Gasteiger partial charge in [0.15, 0.2) is 0 Å². The van der Waals surface area contributed by atoms with E-state index in [-0.39, 0.29) is 10.8 Å². The molecule has 1 unspecified atom stereocenters. The topological polar surface area (TPSA) is 35.9 Å². The summed E-state index contributed by atoms with van der Waals surface area (Å²) in [5, 5.41) is 2.47. The monoisotopic (exact) mass is 1310 g/mol. The summed E-state index contributed by atoms with van der Waals surface area (Å²) in [4.78, 5) is 2.47. The summed E-state index contributed by atoms with van der Waals surface area (Å²) < 4.78 is 20.9. The Labute approximate surface area is 593 Å². The van der Waals surface area contributed by atoms with Crippen LogP contribution in [0.4, 0.5) is 17.1 Å². The second-order valence-corrected chi connectivity index (χ2v) is 28.1. The van der Waals surface area contributed by atoms with E-state index in [1.165, 1.54) is 102 Å². The molecular formula is C95H92N2O3. The van der Waals surface area contributed by atoms with Crippen LogP contribution in [0.5, 0.6) is 17.2 Å². The van der Waals surface area contributed by atoms with Crippen molar-refractivity contribution in [3.05, 3.63) is 325 Å². The van der Waals surface area contributed by atoms with Crippen LogP contribution in [0.25, 0.3) is 78.6 Å². The van der Waals surface area contributed by atoms with Gasteiger partial charge in [0.1, 0.15) is 17.2 Å². The molecule has 0 spiro atoms. The maximum absolute atomic E-state index is 6.35. The summed E-state index contributed by atoms with van der Waals surface area (Å²) in [6.07, 6.45) is 22.7. The van der Waals surface area contributed by atoms with Crippen LogP contribution in [0, 0.1) is 5.41 Å². The molecule has 0 saturated heterocycles. The Kier molecular flexibility index (Phi) is 20.4. The Morgan fingerprint density at radius 3 is 1.41 bits per heavy atom. The molecule has 1 heterocycles. The molecular weight excluding hydrogens is 1220 g/mol. The van der Waals surface area contributed by atoms with Crippen molar-refractivity contribution >= 4 is 56.6 Å². The summed E-state index contributed by atoms with van der Waals surface area (Å²) in [7, 11) is 0. The van der Waals surface area contributed by atoms with Gasteiger partial charge in [-0.05, 0) is 238 Å². The lowest BCUT2D eigenvalue weighted by Crippen LogP contribution is -2.27. The first kappa shape index (κ1) is 66.6. The van der Waals surface area contributed by atoms with Crippen molar-refractivity contribution in [3.63, 3.8) is 0 Å². The number of unbranched alkanes of at least 4 members (excludes halogenated alkanes) is 8. The number of anilines is 3. The van der Waals surface area contributed by atoms with Gasteiger partial charge < -0.3 is 23.7 Å². The Hall–Kier alpha value is -10.6. The largest absolute Gasteiger partial charge is 0.494 e. The summed E-state index contributed by atoms with van der Waals surface area (Å²) >= 11 is 0. The van der Waals surface area contributed by atoms with Crippen molar-refractivity contribution in [1.82, 2.24) is 4.57 Å². The van der Waals surface area contributed by atoms with Crippen LogP contribution in [-0.2, 0) is 5.41 Å². The zero-order valence-electron chi connectivity index (χ0n) is 58.5. The minimum absolute atomic E-state index is 0.153. The maximum Gasteiger partial charge on any atom is 0.119 e. The van der Waals surface area contributed by atoms with Crippen LogP contribution >= 0.6 is 0 Å². The van der Waals surface area contributed by atoms with E-state index in [2.05, 4.69) is 280 Å². The lowest BCUT2D eigenvalue weighted by molar-refractivity contribution is 0.287. The second-order valence-electron chi connectivity index (χ2n) is 28.1. The van der Waals surface area contributed by atoms with Crippen molar-refractivity contribution in [1.29, 1.82) is 0 Å². The summed E-state index contributed by atoms with van der Waals surface area (Å²) in [6.45, 7) is 16.8. The van der Waals surface area contributed by atoms with Gasteiger partial charge in [-0.3, -0.25) is 0 Å². The molecule has 0 amide bonds. The number of aromatic nitrogens is 1. The first-order valence-corrected chi connectivity index (χ1v) is 36.4. The molecule has 0 aliphatic heterocycles. The number of benzene rings is 11. The average Bonchev–Trinajstić information content (AvgIpc) is 1.55. The van der Waals surface area contributed by atoms with Crippen LogP contribution in [0.15, 0.2) is 292 Å². The highest BCUT2D eigenvalue weighted by Crippen LogP contribution is 2.57.